The number of fused-ring (bicyclic) bond motifs is 1. The summed E-state index contributed by atoms with van der Waals surface area (Å²) in [5.74, 6) is -0.207. The Labute approximate surface area is 68.6 Å². The highest BCUT2D eigenvalue weighted by Crippen LogP contribution is 2.28. The van der Waals surface area contributed by atoms with Crippen molar-refractivity contribution in [1.29, 1.82) is 0 Å². The molecule has 62 valence electrons. The first kappa shape index (κ1) is 7.16. The van der Waals surface area contributed by atoms with Crippen LogP contribution in [0.2, 0.25) is 0 Å². The molecule has 3 heteroatoms. The number of H-pyrrole nitrogens is 1. The first-order valence-electron chi connectivity index (χ1n) is 3.65. The van der Waals surface area contributed by atoms with E-state index in [9.17, 15) is 9.50 Å². The van der Waals surface area contributed by atoms with Crippen molar-refractivity contribution in [3.63, 3.8) is 0 Å². The van der Waals surface area contributed by atoms with Crippen LogP contribution in [0.25, 0.3) is 10.9 Å². The van der Waals surface area contributed by atoms with Gasteiger partial charge in [0.2, 0.25) is 0 Å². The number of hydrogen-bond acceptors (Lipinski definition) is 1. The van der Waals surface area contributed by atoms with E-state index in [1.807, 2.05) is 0 Å². The predicted molar refractivity (Wildman–Crippen MR) is 44.7 cm³/mol. The molecule has 2 aromatic rings. The Bertz CT molecular complexity index is 433. The van der Waals surface area contributed by atoms with Crippen LogP contribution in [0.5, 0.6) is 5.75 Å². The molecule has 0 bridgehead atoms. The number of rotatable bonds is 0. The molecule has 1 aromatic carbocycles. The number of aryl methyl sites for hydroxylation is 1. The van der Waals surface area contributed by atoms with Crippen LogP contribution in [-0.4, -0.2) is 10.1 Å². The summed E-state index contributed by atoms with van der Waals surface area (Å²) in [5, 5.41) is 9.96. The largest absolute Gasteiger partial charge is 0.505 e. The highest BCUT2D eigenvalue weighted by Gasteiger charge is 2.06. The molecule has 0 radical (unpaired) electrons. The minimum Gasteiger partial charge on any atom is -0.505 e. The fourth-order valence-corrected chi connectivity index (χ4v) is 1.28. The van der Waals surface area contributed by atoms with Gasteiger partial charge in [-0.15, -0.1) is 0 Å². The van der Waals surface area contributed by atoms with Gasteiger partial charge in [-0.2, -0.15) is 0 Å². The third-order valence-electron chi connectivity index (χ3n) is 1.91. The normalized spacial score (nSPS) is 10.8. The molecule has 0 aliphatic heterocycles. The third-order valence-corrected chi connectivity index (χ3v) is 1.91. The summed E-state index contributed by atoms with van der Waals surface area (Å²) >= 11 is 0. The maximum absolute atomic E-state index is 12.7. The zero-order valence-electron chi connectivity index (χ0n) is 6.56. The topological polar surface area (TPSA) is 36.0 Å². The van der Waals surface area contributed by atoms with Gasteiger partial charge in [0, 0.05) is 10.9 Å². The lowest BCUT2D eigenvalue weighted by molar-refractivity contribution is 0.476. The standard InChI is InChI=1S/C9H8FNO/c1-5-9(12)7-4-6(10)2-3-8(7)11-5/h2-4,11-12H,1H3. The maximum atomic E-state index is 12.7. The molecular weight excluding hydrogens is 157 g/mol. The molecule has 0 amide bonds. The van der Waals surface area contributed by atoms with Gasteiger partial charge >= 0.3 is 0 Å². The van der Waals surface area contributed by atoms with E-state index in [1.54, 1.807) is 13.0 Å². The van der Waals surface area contributed by atoms with Crippen LogP contribution in [0.15, 0.2) is 18.2 Å². The number of nitrogens with one attached hydrogen (secondary N) is 1. The molecule has 2 rings (SSSR count). The van der Waals surface area contributed by atoms with E-state index in [4.69, 9.17) is 0 Å². The van der Waals surface area contributed by atoms with E-state index in [-0.39, 0.29) is 11.6 Å². The van der Waals surface area contributed by atoms with Gasteiger partial charge in [-0.25, -0.2) is 4.39 Å². The van der Waals surface area contributed by atoms with E-state index < -0.39 is 0 Å². The highest BCUT2D eigenvalue weighted by molar-refractivity contribution is 5.87. The summed E-state index contributed by atoms with van der Waals surface area (Å²) in [5.41, 5.74) is 1.42. The summed E-state index contributed by atoms with van der Waals surface area (Å²) in [6, 6.07) is 4.28. The van der Waals surface area contributed by atoms with Crippen LogP contribution in [0, 0.1) is 12.7 Å². The summed E-state index contributed by atoms with van der Waals surface area (Å²) in [4.78, 5) is 2.94. The lowest BCUT2D eigenvalue weighted by Gasteiger charge is -1.90. The van der Waals surface area contributed by atoms with Crippen molar-refractivity contribution >= 4 is 10.9 Å². The van der Waals surface area contributed by atoms with Crippen LogP contribution < -0.4 is 0 Å². The van der Waals surface area contributed by atoms with Gasteiger partial charge in [-0.05, 0) is 25.1 Å². The molecule has 1 heterocycles. The van der Waals surface area contributed by atoms with Gasteiger partial charge in [-0.3, -0.25) is 0 Å². The molecular formula is C9H8FNO. The van der Waals surface area contributed by atoms with Gasteiger partial charge in [0.1, 0.15) is 11.6 Å². The zero-order chi connectivity index (χ0) is 8.72. The average Bonchev–Trinajstić information content (AvgIpc) is 2.31. The van der Waals surface area contributed by atoms with Crippen LogP contribution in [0.1, 0.15) is 5.69 Å². The Kier molecular flexibility index (Phi) is 1.33. The molecule has 0 aliphatic rings. The number of aromatic hydroxyl groups is 1. The zero-order valence-corrected chi connectivity index (χ0v) is 6.56. The first-order chi connectivity index (χ1) is 5.68. The smallest absolute Gasteiger partial charge is 0.143 e. The number of hydrogen-bond donors (Lipinski definition) is 2. The Morgan fingerprint density at radius 2 is 2.17 bits per heavy atom. The number of benzene rings is 1. The fraction of sp³-hybridized carbons (Fsp3) is 0.111. The molecule has 0 atom stereocenters. The van der Waals surface area contributed by atoms with E-state index >= 15 is 0 Å². The molecule has 0 saturated carbocycles. The van der Waals surface area contributed by atoms with E-state index in [1.165, 1.54) is 12.1 Å². The summed E-state index contributed by atoms with van der Waals surface area (Å²) < 4.78 is 12.7. The third kappa shape index (κ3) is 0.863. The SMILES string of the molecule is Cc1[nH]c2ccc(F)cc2c1O. The van der Waals surface area contributed by atoms with Crippen molar-refractivity contribution in [2.75, 3.05) is 0 Å². The molecule has 0 fully saturated rings. The first-order valence-corrected chi connectivity index (χ1v) is 3.65. The Morgan fingerprint density at radius 1 is 1.42 bits per heavy atom. The Morgan fingerprint density at radius 3 is 2.92 bits per heavy atom. The van der Waals surface area contributed by atoms with Crippen LogP contribution in [-0.2, 0) is 0 Å². The molecule has 1 aromatic heterocycles. The minimum atomic E-state index is -0.336. The van der Waals surface area contributed by atoms with E-state index in [0.717, 1.165) is 5.52 Å². The molecule has 0 saturated heterocycles. The molecule has 12 heavy (non-hydrogen) atoms. The monoisotopic (exact) mass is 165 g/mol. The maximum Gasteiger partial charge on any atom is 0.143 e. The lowest BCUT2D eigenvalue weighted by Crippen LogP contribution is -1.71. The molecule has 0 unspecified atom stereocenters. The fourth-order valence-electron chi connectivity index (χ4n) is 1.28. The molecule has 0 spiro atoms. The quantitative estimate of drug-likeness (QED) is 0.617. The number of halogens is 1. The Balaban J connectivity index is 2.88. The molecule has 2 nitrogen and oxygen atoms in total. The second-order valence-electron chi connectivity index (χ2n) is 2.79. The second kappa shape index (κ2) is 2.24. The van der Waals surface area contributed by atoms with Crippen LogP contribution in [0.4, 0.5) is 4.39 Å². The lowest BCUT2D eigenvalue weighted by atomic mass is 10.2. The Hall–Kier alpha value is -1.51. The average molecular weight is 165 g/mol. The van der Waals surface area contributed by atoms with Gasteiger partial charge < -0.3 is 10.1 Å². The van der Waals surface area contributed by atoms with Gasteiger partial charge in [0.05, 0.1) is 5.69 Å². The second-order valence-corrected chi connectivity index (χ2v) is 2.79. The number of aromatic amines is 1. The highest BCUT2D eigenvalue weighted by atomic mass is 19.1. The van der Waals surface area contributed by atoms with Crippen molar-refractivity contribution in [2.24, 2.45) is 0 Å². The molecule has 0 aliphatic carbocycles. The van der Waals surface area contributed by atoms with Crippen molar-refractivity contribution in [3.8, 4) is 5.75 Å². The van der Waals surface area contributed by atoms with E-state index in [2.05, 4.69) is 4.98 Å². The summed E-state index contributed by atoms with van der Waals surface area (Å²) in [6.07, 6.45) is 0. The van der Waals surface area contributed by atoms with Crippen molar-refractivity contribution in [1.82, 2.24) is 4.98 Å². The van der Waals surface area contributed by atoms with E-state index in [0.29, 0.717) is 11.1 Å². The van der Waals surface area contributed by atoms with Crippen molar-refractivity contribution in [3.05, 3.63) is 29.7 Å². The van der Waals surface area contributed by atoms with Gasteiger partial charge in [0.25, 0.3) is 0 Å². The number of aromatic nitrogens is 1. The molecule has 2 N–H and O–H groups in total. The van der Waals surface area contributed by atoms with Gasteiger partial charge in [-0.1, -0.05) is 0 Å². The van der Waals surface area contributed by atoms with Crippen molar-refractivity contribution in [2.45, 2.75) is 6.92 Å². The van der Waals surface area contributed by atoms with Crippen LogP contribution >= 0.6 is 0 Å². The summed E-state index contributed by atoms with van der Waals surface area (Å²) in [7, 11) is 0. The van der Waals surface area contributed by atoms with Crippen molar-refractivity contribution < 1.29 is 9.50 Å². The predicted octanol–water partition coefficient (Wildman–Crippen LogP) is 2.32. The minimum absolute atomic E-state index is 0.129. The van der Waals surface area contributed by atoms with Gasteiger partial charge in [0.15, 0.2) is 0 Å². The summed E-state index contributed by atoms with van der Waals surface area (Å²) in [6.45, 7) is 1.74. The van der Waals surface area contributed by atoms with Crippen LogP contribution in [0.3, 0.4) is 0 Å².